The molecule has 1 unspecified atom stereocenters. The van der Waals surface area contributed by atoms with Gasteiger partial charge < -0.3 is 20.9 Å². The molecule has 1 aromatic heterocycles. The lowest BCUT2D eigenvalue weighted by molar-refractivity contribution is -0.182. The Morgan fingerprint density at radius 2 is 1.88 bits per heavy atom. The highest BCUT2D eigenvalue weighted by Crippen LogP contribution is 2.31. The number of rotatable bonds is 12. The summed E-state index contributed by atoms with van der Waals surface area (Å²) in [7, 11) is 3.49. The SMILES string of the molecule is CCCN(OCCNC(O)N(C)C)C(=O)C1=Cc2ccc(-c3cnc(CNC(=O)OC(C)(C)C)nc3)cc2N=C(N)C1. The molecule has 2 aromatic rings. The van der Waals surface area contributed by atoms with Gasteiger partial charge in [0, 0.05) is 48.6 Å². The maximum Gasteiger partial charge on any atom is 0.408 e. The second-order valence-electron chi connectivity index (χ2n) is 11.0. The van der Waals surface area contributed by atoms with Crippen LogP contribution in [0, 0.1) is 0 Å². The Hall–Kier alpha value is -3.91. The van der Waals surface area contributed by atoms with E-state index in [1.54, 1.807) is 58.2 Å². The highest BCUT2D eigenvalue weighted by atomic mass is 16.7. The molecule has 13 nitrogen and oxygen atoms in total. The van der Waals surface area contributed by atoms with Crippen LogP contribution < -0.4 is 16.4 Å². The normalized spacial score (nSPS) is 13.9. The molecule has 42 heavy (non-hydrogen) atoms. The maximum atomic E-state index is 13.4. The van der Waals surface area contributed by atoms with E-state index in [0.717, 1.165) is 16.7 Å². The number of nitrogens with one attached hydrogen (secondary N) is 2. The zero-order chi connectivity index (χ0) is 30.9. The average molecular weight is 583 g/mol. The Morgan fingerprint density at radius 3 is 2.52 bits per heavy atom. The number of carbonyl (C=O) groups excluding carboxylic acids is 2. The van der Waals surface area contributed by atoms with Gasteiger partial charge in [0.2, 0.25) is 0 Å². The molecule has 0 aliphatic carbocycles. The molecule has 1 aromatic carbocycles. The lowest BCUT2D eigenvalue weighted by atomic mass is 10.0. The number of alkyl carbamates (subject to hydrolysis) is 1. The third-order valence-electron chi connectivity index (χ3n) is 5.92. The summed E-state index contributed by atoms with van der Waals surface area (Å²) in [6.45, 7) is 8.42. The van der Waals surface area contributed by atoms with Crippen molar-refractivity contribution in [3.8, 4) is 11.1 Å². The molecule has 228 valence electrons. The highest BCUT2D eigenvalue weighted by molar-refractivity contribution is 6.05. The number of aliphatic hydroxyl groups is 1. The fourth-order valence-corrected chi connectivity index (χ4v) is 3.88. The molecule has 2 heterocycles. The van der Waals surface area contributed by atoms with Crippen molar-refractivity contribution in [2.24, 2.45) is 10.7 Å². The van der Waals surface area contributed by atoms with Crippen molar-refractivity contribution in [3.05, 3.63) is 47.6 Å². The van der Waals surface area contributed by atoms with Gasteiger partial charge in [0.05, 0.1) is 18.8 Å². The minimum absolute atomic E-state index is 0.134. The van der Waals surface area contributed by atoms with Crippen LogP contribution in [-0.4, -0.2) is 88.6 Å². The smallest absolute Gasteiger partial charge is 0.408 e. The topological polar surface area (TPSA) is 168 Å². The van der Waals surface area contributed by atoms with Crippen LogP contribution in [0.4, 0.5) is 10.5 Å². The summed E-state index contributed by atoms with van der Waals surface area (Å²) >= 11 is 0. The van der Waals surface area contributed by atoms with Crippen molar-refractivity contribution < 1.29 is 24.3 Å². The predicted octanol–water partition coefficient (Wildman–Crippen LogP) is 2.54. The third kappa shape index (κ3) is 9.87. The van der Waals surface area contributed by atoms with Crippen molar-refractivity contribution >= 4 is 29.6 Å². The van der Waals surface area contributed by atoms with Gasteiger partial charge in [-0.25, -0.2) is 24.8 Å². The number of hydroxylamine groups is 2. The quantitative estimate of drug-likeness (QED) is 0.166. The summed E-state index contributed by atoms with van der Waals surface area (Å²) in [5.74, 6) is 0.456. The predicted molar refractivity (Wildman–Crippen MR) is 160 cm³/mol. The molecule has 1 aliphatic heterocycles. The highest BCUT2D eigenvalue weighted by Gasteiger charge is 2.23. The Labute approximate surface area is 246 Å². The van der Waals surface area contributed by atoms with Crippen LogP contribution in [0.25, 0.3) is 17.2 Å². The Balaban J connectivity index is 1.70. The van der Waals surface area contributed by atoms with Gasteiger partial charge in [0.25, 0.3) is 5.91 Å². The first-order valence-corrected chi connectivity index (χ1v) is 13.8. The standard InChI is InChI=1S/C29H42N8O5/c1-7-11-37(41-12-10-31-27(39)36(5)6)26(38)21-13-20-9-8-19(14-23(20)35-24(30)15-21)22-16-32-25(33-17-22)18-34-28(40)42-29(2,3)4/h8-9,13-14,16-17,27,31,39H,7,10-12,15,18H2,1-6H3,(H2,30,35)(H,34,40). The van der Waals surface area contributed by atoms with Gasteiger partial charge in [-0.3, -0.25) is 19.8 Å². The van der Waals surface area contributed by atoms with Gasteiger partial charge in [0.1, 0.15) is 17.3 Å². The summed E-state index contributed by atoms with van der Waals surface area (Å²) in [5, 5.41) is 16.7. The maximum absolute atomic E-state index is 13.4. The number of nitrogens with two attached hydrogens (primary N) is 1. The van der Waals surface area contributed by atoms with Crippen LogP contribution in [0.5, 0.6) is 0 Å². The number of amides is 2. The van der Waals surface area contributed by atoms with Crippen LogP contribution in [0.1, 0.15) is 51.9 Å². The number of fused-ring (bicyclic) bond motifs is 1. The second-order valence-corrected chi connectivity index (χ2v) is 11.0. The number of nitrogens with zero attached hydrogens (tertiary/aromatic N) is 5. The fraction of sp³-hybridized carbons (Fsp3) is 0.483. The number of aliphatic hydroxyl groups excluding tert-OH is 1. The minimum Gasteiger partial charge on any atom is -0.444 e. The van der Waals surface area contributed by atoms with Gasteiger partial charge in [0.15, 0.2) is 6.35 Å². The Bertz CT molecular complexity index is 1290. The van der Waals surface area contributed by atoms with Crippen molar-refractivity contribution in [2.45, 2.75) is 59.0 Å². The number of aromatic nitrogens is 2. The van der Waals surface area contributed by atoms with E-state index in [1.807, 2.05) is 25.1 Å². The van der Waals surface area contributed by atoms with Gasteiger partial charge in [-0.05, 0) is 59.0 Å². The number of hydrogen-bond acceptors (Lipinski definition) is 11. The molecule has 13 heteroatoms. The van der Waals surface area contributed by atoms with Crippen LogP contribution in [0.15, 0.2) is 41.2 Å². The lowest BCUT2D eigenvalue weighted by Crippen LogP contribution is -2.43. The van der Waals surface area contributed by atoms with Crippen LogP contribution >= 0.6 is 0 Å². The van der Waals surface area contributed by atoms with E-state index >= 15 is 0 Å². The first-order chi connectivity index (χ1) is 19.9. The van der Waals surface area contributed by atoms with E-state index in [9.17, 15) is 14.7 Å². The molecular formula is C29H42N8O5. The van der Waals surface area contributed by atoms with E-state index in [-0.39, 0.29) is 25.5 Å². The van der Waals surface area contributed by atoms with E-state index in [4.69, 9.17) is 15.3 Å². The van der Waals surface area contributed by atoms with Crippen molar-refractivity contribution in [1.29, 1.82) is 0 Å². The lowest BCUT2D eigenvalue weighted by Gasteiger charge is -2.24. The van der Waals surface area contributed by atoms with Gasteiger partial charge >= 0.3 is 6.09 Å². The number of hydrogen-bond donors (Lipinski definition) is 4. The molecule has 1 atom stereocenters. The zero-order valence-corrected chi connectivity index (χ0v) is 25.2. The largest absolute Gasteiger partial charge is 0.444 e. The third-order valence-corrected chi connectivity index (χ3v) is 5.92. The average Bonchev–Trinajstić information content (AvgIpc) is 3.09. The minimum atomic E-state index is -0.809. The van der Waals surface area contributed by atoms with E-state index in [1.165, 1.54) is 5.06 Å². The zero-order valence-electron chi connectivity index (χ0n) is 25.2. The Kier molecular flexibility index (Phi) is 11.5. The van der Waals surface area contributed by atoms with Crippen molar-refractivity contribution in [1.82, 2.24) is 30.6 Å². The molecule has 0 saturated heterocycles. The van der Waals surface area contributed by atoms with E-state index < -0.39 is 18.0 Å². The summed E-state index contributed by atoms with van der Waals surface area (Å²) < 4.78 is 5.23. The van der Waals surface area contributed by atoms with Crippen LogP contribution in [0.3, 0.4) is 0 Å². The van der Waals surface area contributed by atoms with Gasteiger partial charge in [-0.2, -0.15) is 0 Å². The van der Waals surface area contributed by atoms with Crippen molar-refractivity contribution in [2.75, 3.05) is 33.8 Å². The summed E-state index contributed by atoms with van der Waals surface area (Å²) in [6, 6.07) is 5.63. The first kappa shape index (κ1) is 32.6. The number of amidine groups is 1. The second kappa shape index (κ2) is 14.8. The number of aliphatic imine (C=N–C) groups is 1. The van der Waals surface area contributed by atoms with E-state index in [0.29, 0.717) is 42.4 Å². The molecule has 3 rings (SSSR count). The molecule has 0 fully saturated rings. The van der Waals surface area contributed by atoms with Crippen molar-refractivity contribution in [3.63, 3.8) is 0 Å². The number of ether oxygens (including phenoxy) is 1. The molecule has 2 amide bonds. The molecule has 0 bridgehead atoms. The number of benzene rings is 1. The summed E-state index contributed by atoms with van der Waals surface area (Å²) in [5.41, 5.74) is 9.04. The molecule has 5 N–H and O–H groups in total. The first-order valence-electron chi connectivity index (χ1n) is 13.8. The number of carbonyl (C=O) groups is 2. The molecule has 0 saturated carbocycles. The fourth-order valence-electron chi connectivity index (χ4n) is 3.88. The van der Waals surface area contributed by atoms with E-state index in [2.05, 4.69) is 25.6 Å². The molecule has 1 aliphatic rings. The van der Waals surface area contributed by atoms with Gasteiger partial charge in [-0.15, -0.1) is 0 Å². The van der Waals surface area contributed by atoms with Crippen LogP contribution in [0.2, 0.25) is 0 Å². The van der Waals surface area contributed by atoms with Gasteiger partial charge in [-0.1, -0.05) is 19.1 Å². The molecular weight excluding hydrogens is 540 g/mol. The van der Waals surface area contributed by atoms with Crippen LogP contribution in [-0.2, 0) is 20.9 Å². The monoisotopic (exact) mass is 582 g/mol. The summed E-state index contributed by atoms with van der Waals surface area (Å²) in [6.07, 6.45) is 4.65. The molecule has 0 spiro atoms. The summed E-state index contributed by atoms with van der Waals surface area (Å²) in [4.78, 5) is 45.9. The Morgan fingerprint density at radius 1 is 1.17 bits per heavy atom. The molecule has 0 radical (unpaired) electrons.